The number of ether oxygens (including phenoxy) is 1. The zero-order valence-electron chi connectivity index (χ0n) is 12.3. The summed E-state index contributed by atoms with van der Waals surface area (Å²) < 4.78 is 18.6. The van der Waals surface area contributed by atoms with Crippen molar-refractivity contribution < 1.29 is 13.9 Å². The number of benzene rings is 1. The Labute approximate surface area is 127 Å². The summed E-state index contributed by atoms with van der Waals surface area (Å²) in [5.41, 5.74) is 0.712. The van der Waals surface area contributed by atoms with Gasteiger partial charge in [0.15, 0.2) is 0 Å². The maximum atomic E-state index is 13.9. The molecule has 1 heterocycles. The lowest BCUT2D eigenvalue weighted by Crippen LogP contribution is -2.46. The molecule has 0 aliphatic heterocycles. The number of esters is 1. The van der Waals surface area contributed by atoms with E-state index in [4.69, 9.17) is 4.74 Å². The monoisotopic (exact) mass is 307 g/mol. The van der Waals surface area contributed by atoms with Crippen LogP contribution in [0.2, 0.25) is 0 Å². The highest BCUT2D eigenvalue weighted by Gasteiger charge is 2.27. The lowest BCUT2D eigenvalue weighted by atomic mass is 10.0. The zero-order chi connectivity index (χ0) is 15.5. The maximum Gasteiger partial charge on any atom is 0.325 e. The molecule has 0 saturated carbocycles. The third kappa shape index (κ3) is 3.68. The summed E-state index contributed by atoms with van der Waals surface area (Å²) >= 11 is 1.50. The average molecular weight is 307 g/mol. The first-order valence-electron chi connectivity index (χ1n) is 6.60. The molecule has 0 aliphatic carbocycles. The fraction of sp³-hybridized carbons (Fsp3) is 0.312. The molecule has 112 valence electrons. The number of carbonyl (C=O) groups is 1. The molecule has 0 spiro atoms. The van der Waals surface area contributed by atoms with Gasteiger partial charge in [0.1, 0.15) is 11.4 Å². The summed E-state index contributed by atoms with van der Waals surface area (Å²) in [7, 11) is 1.36. The second-order valence-electron chi connectivity index (χ2n) is 5.26. The van der Waals surface area contributed by atoms with E-state index in [1.54, 1.807) is 19.9 Å². The molecule has 0 fully saturated rings. The van der Waals surface area contributed by atoms with Crippen LogP contribution in [0.4, 0.5) is 4.39 Å². The van der Waals surface area contributed by atoms with Crippen LogP contribution in [0.25, 0.3) is 10.4 Å². The molecule has 2 aromatic rings. The molecular formula is C16H18FNO2S. The Morgan fingerprint density at radius 2 is 2.14 bits per heavy atom. The topological polar surface area (TPSA) is 38.3 Å². The van der Waals surface area contributed by atoms with Gasteiger partial charge in [-0.25, -0.2) is 4.39 Å². The Bertz CT molecular complexity index is 623. The number of rotatable bonds is 5. The smallest absolute Gasteiger partial charge is 0.325 e. The molecule has 1 aromatic carbocycles. The van der Waals surface area contributed by atoms with Gasteiger partial charge >= 0.3 is 5.97 Å². The highest BCUT2D eigenvalue weighted by Crippen LogP contribution is 2.28. The summed E-state index contributed by atoms with van der Waals surface area (Å²) in [6, 6.07) is 8.76. The van der Waals surface area contributed by atoms with Crippen molar-refractivity contribution in [2.45, 2.75) is 25.9 Å². The summed E-state index contributed by atoms with van der Waals surface area (Å²) in [4.78, 5) is 12.5. The number of halogens is 1. The van der Waals surface area contributed by atoms with E-state index < -0.39 is 5.54 Å². The van der Waals surface area contributed by atoms with Crippen LogP contribution in [0.5, 0.6) is 0 Å². The Kier molecular flexibility index (Phi) is 4.75. The van der Waals surface area contributed by atoms with Gasteiger partial charge in [0, 0.05) is 17.0 Å². The van der Waals surface area contributed by atoms with Crippen molar-refractivity contribution in [3.8, 4) is 10.4 Å². The van der Waals surface area contributed by atoms with Crippen LogP contribution in [-0.4, -0.2) is 18.6 Å². The summed E-state index contributed by atoms with van der Waals surface area (Å²) in [6.45, 7) is 3.96. The van der Waals surface area contributed by atoms with Crippen LogP contribution >= 0.6 is 11.3 Å². The predicted molar refractivity (Wildman–Crippen MR) is 82.6 cm³/mol. The molecule has 0 aliphatic rings. The van der Waals surface area contributed by atoms with Gasteiger partial charge in [0.25, 0.3) is 0 Å². The first-order valence-corrected chi connectivity index (χ1v) is 7.48. The van der Waals surface area contributed by atoms with Gasteiger partial charge in [-0.3, -0.25) is 10.1 Å². The summed E-state index contributed by atoms with van der Waals surface area (Å²) in [6.07, 6.45) is 0. The molecule has 3 nitrogen and oxygen atoms in total. The van der Waals surface area contributed by atoms with E-state index in [0.717, 1.165) is 10.4 Å². The predicted octanol–water partition coefficient (Wildman–Crippen LogP) is 3.60. The highest BCUT2D eigenvalue weighted by atomic mass is 32.1. The zero-order valence-corrected chi connectivity index (χ0v) is 13.1. The Morgan fingerprint density at radius 3 is 2.76 bits per heavy atom. The molecule has 0 atom stereocenters. The molecule has 0 radical (unpaired) electrons. The van der Waals surface area contributed by atoms with Crippen molar-refractivity contribution in [3.63, 3.8) is 0 Å². The van der Waals surface area contributed by atoms with Gasteiger partial charge in [0.2, 0.25) is 0 Å². The fourth-order valence-corrected chi connectivity index (χ4v) is 2.70. The first-order chi connectivity index (χ1) is 9.94. The minimum atomic E-state index is -0.785. The van der Waals surface area contributed by atoms with Gasteiger partial charge in [-0.05, 0) is 43.0 Å². The van der Waals surface area contributed by atoms with E-state index in [9.17, 15) is 9.18 Å². The Balaban J connectivity index is 2.15. The number of hydrogen-bond acceptors (Lipinski definition) is 4. The normalized spacial score (nSPS) is 11.4. The molecule has 0 saturated heterocycles. The third-order valence-electron chi connectivity index (χ3n) is 3.25. The minimum absolute atomic E-state index is 0.242. The van der Waals surface area contributed by atoms with Gasteiger partial charge in [-0.15, -0.1) is 11.3 Å². The molecule has 0 bridgehead atoms. The van der Waals surface area contributed by atoms with Crippen LogP contribution in [-0.2, 0) is 16.1 Å². The second-order valence-corrected chi connectivity index (χ2v) is 6.21. The van der Waals surface area contributed by atoms with Gasteiger partial charge < -0.3 is 4.74 Å². The average Bonchev–Trinajstić information content (AvgIpc) is 2.99. The van der Waals surface area contributed by atoms with Crippen molar-refractivity contribution in [3.05, 3.63) is 47.1 Å². The molecule has 5 heteroatoms. The van der Waals surface area contributed by atoms with Crippen molar-refractivity contribution >= 4 is 17.3 Å². The molecule has 1 N–H and O–H groups in total. The largest absolute Gasteiger partial charge is 0.468 e. The summed E-state index contributed by atoms with van der Waals surface area (Å²) in [5, 5.41) is 5.04. The van der Waals surface area contributed by atoms with Crippen LogP contribution in [0.15, 0.2) is 35.7 Å². The van der Waals surface area contributed by atoms with E-state index in [0.29, 0.717) is 12.1 Å². The summed E-state index contributed by atoms with van der Waals surface area (Å²) in [5.74, 6) is -0.573. The number of methoxy groups -OCH3 is 1. The highest BCUT2D eigenvalue weighted by molar-refractivity contribution is 7.13. The van der Waals surface area contributed by atoms with Crippen molar-refractivity contribution in [2.24, 2.45) is 0 Å². The van der Waals surface area contributed by atoms with Gasteiger partial charge in [-0.2, -0.15) is 0 Å². The lowest BCUT2D eigenvalue weighted by Gasteiger charge is -2.23. The SMILES string of the molecule is COC(=O)C(C)(C)NCc1ccc(F)c(-c2cccs2)c1. The lowest BCUT2D eigenvalue weighted by molar-refractivity contribution is -0.147. The number of carbonyl (C=O) groups excluding carboxylic acids is 1. The minimum Gasteiger partial charge on any atom is -0.468 e. The van der Waals surface area contributed by atoms with E-state index in [1.807, 2.05) is 23.6 Å². The number of nitrogens with one attached hydrogen (secondary N) is 1. The van der Waals surface area contributed by atoms with Crippen LogP contribution in [0.1, 0.15) is 19.4 Å². The van der Waals surface area contributed by atoms with E-state index in [2.05, 4.69) is 5.32 Å². The van der Waals surface area contributed by atoms with Crippen LogP contribution in [0, 0.1) is 5.82 Å². The van der Waals surface area contributed by atoms with Gasteiger partial charge in [0.05, 0.1) is 7.11 Å². The molecule has 0 unspecified atom stereocenters. The quantitative estimate of drug-likeness (QED) is 0.858. The van der Waals surface area contributed by atoms with Crippen molar-refractivity contribution in [1.29, 1.82) is 0 Å². The Morgan fingerprint density at radius 1 is 1.38 bits per heavy atom. The van der Waals surface area contributed by atoms with Crippen molar-refractivity contribution in [2.75, 3.05) is 7.11 Å². The first kappa shape index (κ1) is 15.7. The van der Waals surface area contributed by atoms with Crippen LogP contribution in [0.3, 0.4) is 0 Å². The molecular weight excluding hydrogens is 289 g/mol. The van der Waals surface area contributed by atoms with Crippen LogP contribution < -0.4 is 5.32 Å². The number of hydrogen-bond donors (Lipinski definition) is 1. The Hall–Kier alpha value is -1.72. The molecule has 2 rings (SSSR count). The van der Waals surface area contributed by atoms with E-state index >= 15 is 0 Å². The molecule has 21 heavy (non-hydrogen) atoms. The van der Waals surface area contributed by atoms with E-state index in [1.165, 1.54) is 24.5 Å². The molecule has 1 aromatic heterocycles. The third-order valence-corrected chi connectivity index (χ3v) is 4.15. The maximum absolute atomic E-state index is 13.9. The van der Waals surface area contributed by atoms with E-state index in [-0.39, 0.29) is 11.8 Å². The second kappa shape index (κ2) is 6.37. The standard InChI is InChI=1S/C16H18FNO2S/c1-16(2,15(19)20-3)18-10-11-6-7-13(17)12(9-11)14-5-4-8-21-14/h4-9,18H,10H2,1-3H3. The molecule has 0 amide bonds. The number of thiophene rings is 1. The van der Waals surface area contributed by atoms with Crippen molar-refractivity contribution in [1.82, 2.24) is 5.32 Å². The fourth-order valence-electron chi connectivity index (χ4n) is 1.95. The van der Waals surface area contributed by atoms with Gasteiger partial charge in [-0.1, -0.05) is 12.1 Å².